The van der Waals surface area contributed by atoms with Crippen molar-refractivity contribution in [2.24, 2.45) is 5.73 Å². The van der Waals surface area contributed by atoms with E-state index in [1.807, 2.05) is 0 Å². The number of hydrogen-bond donors (Lipinski definition) is 1. The summed E-state index contributed by atoms with van der Waals surface area (Å²) in [6.07, 6.45) is 2.97. The molecule has 0 spiro atoms. The van der Waals surface area contributed by atoms with Crippen LogP contribution in [-0.2, 0) is 10.0 Å². The first-order valence-corrected chi connectivity index (χ1v) is 8.07. The molecule has 1 aliphatic heterocycles. The highest BCUT2D eigenvalue weighted by molar-refractivity contribution is 7.89. The number of nitrogens with two attached hydrogens (primary N) is 1. The maximum atomic E-state index is 13.2. The molecule has 0 saturated carbocycles. The van der Waals surface area contributed by atoms with Gasteiger partial charge < -0.3 is 5.73 Å². The number of piperidine rings is 1. The maximum absolute atomic E-state index is 13.2. The molecule has 1 aromatic rings. The van der Waals surface area contributed by atoms with Crippen molar-refractivity contribution in [2.45, 2.75) is 36.6 Å². The lowest BCUT2D eigenvalue weighted by Gasteiger charge is -2.34. The highest BCUT2D eigenvalue weighted by Crippen LogP contribution is 2.27. The molecule has 7 heteroatoms. The molecule has 20 heavy (non-hydrogen) atoms. The molecule has 1 fully saturated rings. The van der Waals surface area contributed by atoms with Crippen LogP contribution in [0.1, 0.15) is 25.7 Å². The first-order chi connectivity index (χ1) is 9.45. The minimum absolute atomic E-state index is 0.190. The van der Waals surface area contributed by atoms with Gasteiger partial charge in [-0.3, -0.25) is 0 Å². The van der Waals surface area contributed by atoms with Gasteiger partial charge in [0.25, 0.3) is 0 Å². The van der Waals surface area contributed by atoms with Gasteiger partial charge in [0.1, 0.15) is 11.6 Å². The van der Waals surface area contributed by atoms with Crippen molar-refractivity contribution in [3.05, 3.63) is 29.8 Å². The molecule has 1 atom stereocenters. The third-order valence-electron chi connectivity index (χ3n) is 3.52. The second-order valence-electron chi connectivity index (χ2n) is 4.95. The molecule has 0 amide bonds. The summed E-state index contributed by atoms with van der Waals surface area (Å²) in [5.41, 5.74) is 5.51. The number of rotatable bonds is 4. The Morgan fingerprint density at radius 3 is 2.45 bits per heavy atom. The van der Waals surface area contributed by atoms with Crippen molar-refractivity contribution in [3.8, 4) is 0 Å². The van der Waals surface area contributed by atoms with E-state index in [1.54, 1.807) is 0 Å². The highest BCUT2D eigenvalue weighted by Gasteiger charge is 2.33. The smallest absolute Gasteiger partial charge is 0.243 e. The van der Waals surface area contributed by atoms with Gasteiger partial charge in [-0.25, -0.2) is 17.2 Å². The number of benzene rings is 1. The molecular formula is C13H18F2N2O2S. The summed E-state index contributed by atoms with van der Waals surface area (Å²) < 4.78 is 52.8. The first-order valence-electron chi connectivity index (χ1n) is 6.63. The summed E-state index contributed by atoms with van der Waals surface area (Å²) in [5, 5.41) is 0. The molecule has 2 rings (SSSR count). The summed E-state index contributed by atoms with van der Waals surface area (Å²) >= 11 is 0. The van der Waals surface area contributed by atoms with Crippen LogP contribution in [-0.4, -0.2) is 31.9 Å². The van der Waals surface area contributed by atoms with Gasteiger partial charge in [0, 0.05) is 18.7 Å². The maximum Gasteiger partial charge on any atom is 0.243 e. The van der Waals surface area contributed by atoms with Crippen molar-refractivity contribution in [1.29, 1.82) is 0 Å². The van der Waals surface area contributed by atoms with Crippen molar-refractivity contribution >= 4 is 10.0 Å². The fraction of sp³-hybridized carbons (Fsp3) is 0.538. The fourth-order valence-electron chi connectivity index (χ4n) is 2.58. The normalized spacial score (nSPS) is 21.1. The van der Waals surface area contributed by atoms with E-state index >= 15 is 0 Å². The van der Waals surface area contributed by atoms with E-state index in [9.17, 15) is 17.2 Å². The molecule has 1 unspecified atom stereocenters. The predicted octanol–water partition coefficient (Wildman–Crippen LogP) is 1.86. The Labute approximate surface area is 117 Å². The van der Waals surface area contributed by atoms with E-state index in [-0.39, 0.29) is 10.9 Å². The summed E-state index contributed by atoms with van der Waals surface area (Å²) in [6.45, 7) is 0.749. The largest absolute Gasteiger partial charge is 0.330 e. The van der Waals surface area contributed by atoms with Gasteiger partial charge in [0.05, 0.1) is 4.90 Å². The molecule has 1 saturated heterocycles. The van der Waals surface area contributed by atoms with Crippen molar-refractivity contribution in [1.82, 2.24) is 4.31 Å². The number of halogens is 2. The van der Waals surface area contributed by atoms with Crippen molar-refractivity contribution in [3.63, 3.8) is 0 Å². The minimum Gasteiger partial charge on any atom is -0.330 e. The topological polar surface area (TPSA) is 63.4 Å². The van der Waals surface area contributed by atoms with Gasteiger partial charge in [-0.2, -0.15) is 4.31 Å². The molecule has 112 valence electrons. The van der Waals surface area contributed by atoms with Crippen LogP contribution in [0.15, 0.2) is 23.1 Å². The Kier molecular flexibility index (Phi) is 4.72. The lowest BCUT2D eigenvalue weighted by molar-refractivity contribution is 0.243. The standard InChI is InChI=1S/C13H18F2N2O2S/c14-10-7-11(15)9-13(8-10)20(18,19)17-6-2-1-3-12(17)4-5-16/h7-9,12H,1-6,16H2. The third kappa shape index (κ3) is 3.16. The van der Waals surface area contributed by atoms with Crippen molar-refractivity contribution < 1.29 is 17.2 Å². The summed E-state index contributed by atoms with van der Waals surface area (Å²) in [4.78, 5) is -0.334. The van der Waals surface area contributed by atoms with E-state index in [1.165, 1.54) is 4.31 Å². The molecule has 1 aliphatic rings. The molecular weight excluding hydrogens is 286 g/mol. The van der Waals surface area contributed by atoms with E-state index < -0.39 is 21.7 Å². The minimum atomic E-state index is -3.88. The predicted molar refractivity (Wildman–Crippen MR) is 71.6 cm³/mol. The molecule has 4 nitrogen and oxygen atoms in total. The van der Waals surface area contributed by atoms with Gasteiger partial charge in [-0.05, 0) is 37.9 Å². The van der Waals surface area contributed by atoms with E-state index in [4.69, 9.17) is 5.73 Å². The molecule has 1 heterocycles. The molecule has 2 N–H and O–H groups in total. The quantitative estimate of drug-likeness (QED) is 0.923. The molecule has 0 radical (unpaired) electrons. The molecule has 0 aromatic heterocycles. The van der Waals surface area contributed by atoms with Crippen LogP contribution in [0.4, 0.5) is 8.78 Å². The van der Waals surface area contributed by atoms with E-state index in [2.05, 4.69) is 0 Å². The number of nitrogens with zero attached hydrogens (tertiary/aromatic N) is 1. The van der Waals surface area contributed by atoms with Crippen LogP contribution in [0.3, 0.4) is 0 Å². The van der Waals surface area contributed by atoms with Crippen LogP contribution in [0.25, 0.3) is 0 Å². The lowest BCUT2D eigenvalue weighted by Crippen LogP contribution is -2.44. The van der Waals surface area contributed by atoms with Crippen LogP contribution in [0, 0.1) is 11.6 Å². The Hall–Kier alpha value is -1.05. The number of sulfonamides is 1. The Bertz CT molecular complexity index is 555. The SMILES string of the molecule is NCCC1CCCCN1S(=O)(=O)c1cc(F)cc(F)c1. The van der Waals surface area contributed by atoms with Gasteiger partial charge in [-0.1, -0.05) is 6.42 Å². The Balaban J connectivity index is 2.36. The first kappa shape index (κ1) is 15.3. The Morgan fingerprint density at radius 1 is 1.20 bits per heavy atom. The van der Waals surface area contributed by atoms with E-state index in [0.29, 0.717) is 25.6 Å². The third-order valence-corrected chi connectivity index (χ3v) is 5.45. The van der Waals surface area contributed by atoms with Crippen LogP contribution >= 0.6 is 0 Å². The zero-order chi connectivity index (χ0) is 14.8. The van der Waals surface area contributed by atoms with Crippen molar-refractivity contribution in [2.75, 3.05) is 13.1 Å². The zero-order valence-electron chi connectivity index (χ0n) is 11.1. The molecule has 0 aliphatic carbocycles. The lowest BCUT2D eigenvalue weighted by atomic mass is 10.0. The molecule has 1 aromatic carbocycles. The monoisotopic (exact) mass is 304 g/mol. The Morgan fingerprint density at radius 2 is 1.85 bits per heavy atom. The average molecular weight is 304 g/mol. The van der Waals surface area contributed by atoms with Gasteiger partial charge in [0.15, 0.2) is 0 Å². The second-order valence-corrected chi connectivity index (χ2v) is 6.84. The highest BCUT2D eigenvalue weighted by atomic mass is 32.2. The van der Waals surface area contributed by atoms with E-state index in [0.717, 1.165) is 31.4 Å². The number of hydrogen-bond acceptors (Lipinski definition) is 3. The second kappa shape index (κ2) is 6.15. The summed E-state index contributed by atoms with van der Waals surface area (Å²) in [6, 6.07) is 2.18. The zero-order valence-corrected chi connectivity index (χ0v) is 11.9. The summed E-state index contributed by atoms with van der Waals surface area (Å²) in [7, 11) is -3.88. The fourth-order valence-corrected chi connectivity index (χ4v) is 4.35. The average Bonchev–Trinajstić information content (AvgIpc) is 2.38. The van der Waals surface area contributed by atoms with Gasteiger partial charge in [0.2, 0.25) is 10.0 Å². The van der Waals surface area contributed by atoms with Gasteiger partial charge in [-0.15, -0.1) is 0 Å². The van der Waals surface area contributed by atoms with Crippen LogP contribution in [0.2, 0.25) is 0 Å². The molecule has 0 bridgehead atoms. The van der Waals surface area contributed by atoms with Crippen LogP contribution < -0.4 is 5.73 Å². The summed E-state index contributed by atoms with van der Waals surface area (Å²) in [5.74, 6) is -1.79. The van der Waals surface area contributed by atoms with Crippen LogP contribution in [0.5, 0.6) is 0 Å². The van der Waals surface area contributed by atoms with Gasteiger partial charge >= 0.3 is 0 Å².